The number of carbonyl (C=O) groups excluding carboxylic acids is 1. The SMILES string of the molecule is CC(=O)CC1(NCc2ccccc2)CC1. The maximum absolute atomic E-state index is 11.1. The topological polar surface area (TPSA) is 29.1 Å². The summed E-state index contributed by atoms with van der Waals surface area (Å²) < 4.78 is 0. The van der Waals surface area contributed by atoms with Gasteiger partial charge in [-0.05, 0) is 25.3 Å². The van der Waals surface area contributed by atoms with Gasteiger partial charge in [0.2, 0.25) is 0 Å². The molecule has 1 aromatic rings. The van der Waals surface area contributed by atoms with E-state index >= 15 is 0 Å². The third kappa shape index (κ3) is 2.90. The Balaban J connectivity index is 1.86. The summed E-state index contributed by atoms with van der Waals surface area (Å²) >= 11 is 0. The van der Waals surface area contributed by atoms with Crippen molar-refractivity contribution in [2.75, 3.05) is 0 Å². The Labute approximate surface area is 90.7 Å². The highest BCUT2D eigenvalue weighted by Crippen LogP contribution is 2.39. The average Bonchev–Trinajstić information content (AvgIpc) is 2.96. The summed E-state index contributed by atoms with van der Waals surface area (Å²) in [7, 11) is 0. The first-order valence-electron chi connectivity index (χ1n) is 5.49. The van der Waals surface area contributed by atoms with Crippen molar-refractivity contribution in [1.82, 2.24) is 5.32 Å². The van der Waals surface area contributed by atoms with Gasteiger partial charge in [0.25, 0.3) is 0 Å². The van der Waals surface area contributed by atoms with E-state index in [2.05, 4.69) is 17.4 Å². The van der Waals surface area contributed by atoms with E-state index in [4.69, 9.17) is 0 Å². The molecule has 0 unspecified atom stereocenters. The molecule has 1 aliphatic carbocycles. The largest absolute Gasteiger partial charge is 0.307 e. The van der Waals surface area contributed by atoms with Crippen molar-refractivity contribution in [2.24, 2.45) is 0 Å². The molecule has 1 aromatic carbocycles. The minimum atomic E-state index is 0.127. The molecule has 0 spiro atoms. The summed E-state index contributed by atoms with van der Waals surface area (Å²) in [6.45, 7) is 2.54. The zero-order valence-electron chi connectivity index (χ0n) is 9.12. The molecular formula is C13H17NO. The van der Waals surface area contributed by atoms with Gasteiger partial charge in [-0.25, -0.2) is 0 Å². The van der Waals surface area contributed by atoms with Gasteiger partial charge in [-0.3, -0.25) is 4.79 Å². The molecule has 0 saturated heterocycles. The van der Waals surface area contributed by atoms with Crippen LogP contribution in [0.2, 0.25) is 0 Å². The van der Waals surface area contributed by atoms with Gasteiger partial charge < -0.3 is 5.32 Å². The number of ketones is 1. The molecule has 0 atom stereocenters. The minimum Gasteiger partial charge on any atom is -0.307 e. The Morgan fingerprint density at radius 2 is 2.00 bits per heavy atom. The second-order valence-electron chi connectivity index (χ2n) is 4.50. The highest BCUT2D eigenvalue weighted by atomic mass is 16.1. The van der Waals surface area contributed by atoms with Gasteiger partial charge in [-0.1, -0.05) is 30.3 Å². The number of nitrogens with one attached hydrogen (secondary N) is 1. The minimum absolute atomic E-state index is 0.127. The normalized spacial score (nSPS) is 17.4. The van der Waals surface area contributed by atoms with E-state index in [-0.39, 0.29) is 11.3 Å². The first-order chi connectivity index (χ1) is 7.20. The summed E-state index contributed by atoms with van der Waals surface area (Å²) in [5.41, 5.74) is 1.41. The van der Waals surface area contributed by atoms with E-state index in [0.29, 0.717) is 6.42 Å². The molecule has 1 fully saturated rings. The monoisotopic (exact) mass is 203 g/mol. The van der Waals surface area contributed by atoms with Gasteiger partial charge >= 0.3 is 0 Å². The van der Waals surface area contributed by atoms with E-state index in [1.165, 1.54) is 5.56 Å². The fraction of sp³-hybridized carbons (Fsp3) is 0.462. The molecule has 0 amide bonds. The molecule has 1 saturated carbocycles. The lowest BCUT2D eigenvalue weighted by Crippen LogP contribution is -2.32. The van der Waals surface area contributed by atoms with Crippen LogP contribution in [0, 0.1) is 0 Å². The molecule has 0 aliphatic heterocycles. The third-order valence-corrected chi connectivity index (χ3v) is 2.95. The summed E-state index contributed by atoms with van der Waals surface area (Å²) in [6, 6.07) is 10.3. The van der Waals surface area contributed by atoms with Crippen LogP contribution in [0.3, 0.4) is 0 Å². The predicted octanol–water partition coefficient (Wildman–Crippen LogP) is 2.29. The number of hydrogen-bond acceptors (Lipinski definition) is 2. The lowest BCUT2D eigenvalue weighted by Gasteiger charge is -2.15. The van der Waals surface area contributed by atoms with Gasteiger partial charge in [-0.15, -0.1) is 0 Å². The lowest BCUT2D eigenvalue weighted by atomic mass is 10.1. The van der Waals surface area contributed by atoms with Crippen LogP contribution in [-0.4, -0.2) is 11.3 Å². The van der Waals surface area contributed by atoms with Crippen molar-refractivity contribution < 1.29 is 4.79 Å². The van der Waals surface area contributed by atoms with E-state index in [9.17, 15) is 4.79 Å². The van der Waals surface area contributed by atoms with Crippen LogP contribution in [0.15, 0.2) is 30.3 Å². The first kappa shape index (κ1) is 10.4. The Kier molecular flexibility index (Phi) is 2.87. The van der Waals surface area contributed by atoms with E-state index < -0.39 is 0 Å². The Hall–Kier alpha value is -1.15. The fourth-order valence-electron chi connectivity index (χ4n) is 1.93. The average molecular weight is 203 g/mol. The van der Waals surface area contributed by atoms with Crippen molar-refractivity contribution >= 4 is 5.78 Å². The summed E-state index contributed by atoms with van der Waals surface area (Å²) in [6.07, 6.45) is 2.96. The Morgan fingerprint density at radius 1 is 1.33 bits per heavy atom. The maximum Gasteiger partial charge on any atom is 0.131 e. The molecule has 1 N–H and O–H groups in total. The van der Waals surface area contributed by atoms with Gasteiger partial charge in [0.15, 0.2) is 0 Å². The molecule has 1 aliphatic rings. The number of hydrogen-bond donors (Lipinski definition) is 1. The molecule has 2 rings (SSSR count). The molecule has 0 bridgehead atoms. The second kappa shape index (κ2) is 4.15. The number of carbonyl (C=O) groups is 1. The molecular weight excluding hydrogens is 186 g/mol. The Morgan fingerprint density at radius 3 is 2.53 bits per heavy atom. The fourth-order valence-corrected chi connectivity index (χ4v) is 1.93. The van der Waals surface area contributed by atoms with Gasteiger partial charge in [0, 0.05) is 18.5 Å². The van der Waals surface area contributed by atoms with Crippen LogP contribution in [0.5, 0.6) is 0 Å². The van der Waals surface area contributed by atoms with Crippen molar-refractivity contribution in [3.63, 3.8) is 0 Å². The predicted molar refractivity (Wildman–Crippen MR) is 60.5 cm³/mol. The second-order valence-corrected chi connectivity index (χ2v) is 4.50. The smallest absolute Gasteiger partial charge is 0.131 e. The van der Waals surface area contributed by atoms with Crippen LogP contribution in [-0.2, 0) is 11.3 Å². The van der Waals surface area contributed by atoms with Gasteiger partial charge in [0.1, 0.15) is 5.78 Å². The van der Waals surface area contributed by atoms with Gasteiger partial charge in [-0.2, -0.15) is 0 Å². The van der Waals surface area contributed by atoms with Crippen molar-refractivity contribution in [3.8, 4) is 0 Å². The molecule has 0 heterocycles. The molecule has 15 heavy (non-hydrogen) atoms. The zero-order valence-corrected chi connectivity index (χ0v) is 9.12. The molecule has 0 aromatic heterocycles. The molecule has 0 radical (unpaired) electrons. The lowest BCUT2D eigenvalue weighted by molar-refractivity contribution is -0.117. The molecule has 2 heteroatoms. The number of benzene rings is 1. The van der Waals surface area contributed by atoms with E-state index in [1.54, 1.807) is 6.92 Å². The standard InChI is InChI=1S/C13H17NO/c1-11(15)9-13(7-8-13)14-10-12-5-3-2-4-6-12/h2-6,14H,7-10H2,1H3. The summed E-state index contributed by atoms with van der Waals surface area (Å²) in [5, 5.41) is 3.50. The van der Waals surface area contributed by atoms with Crippen LogP contribution < -0.4 is 5.32 Å². The van der Waals surface area contributed by atoms with Crippen LogP contribution in [0.25, 0.3) is 0 Å². The zero-order chi connectivity index (χ0) is 10.7. The molecule has 80 valence electrons. The van der Waals surface area contributed by atoms with Crippen molar-refractivity contribution in [1.29, 1.82) is 0 Å². The van der Waals surface area contributed by atoms with Crippen LogP contribution in [0.1, 0.15) is 31.7 Å². The summed E-state index contributed by atoms with van der Waals surface area (Å²) in [5.74, 6) is 0.285. The van der Waals surface area contributed by atoms with E-state index in [1.807, 2.05) is 18.2 Å². The third-order valence-electron chi connectivity index (χ3n) is 2.95. The van der Waals surface area contributed by atoms with Crippen LogP contribution >= 0.6 is 0 Å². The Bertz CT molecular complexity index is 341. The maximum atomic E-state index is 11.1. The number of rotatable bonds is 5. The quantitative estimate of drug-likeness (QED) is 0.795. The van der Waals surface area contributed by atoms with Crippen LogP contribution in [0.4, 0.5) is 0 Å². The highest BCUT2D eigenvalue weighted by molar-refractivity contribution is 5.77. The molecule has 2 nitrogen and oxygen atoms in total. The van der Waals surface area contributed by atoms with E-state index in [0.717, 1.165) is 19.4 Å². The summed E-state index contributed by atoms with van der Waals surface area (Å²) in [4.78, 5) is 11.1. The number of Topliss-reactive ketones (excluding diaryl/α,β-unsaturated/α-hetero) is 1. The van der Waals surface area contributed by atoms with Gasteiger partial charge in [0.05, 0.1) is 0 Å². The van der Waals surface area contributed by atoms with Crippen molar-refractivity contribution in [2.45, 2.75) is 38.3 Å². The van der Waals surface area contributed by atoms with Crippen molar-refractivity contribution in [3.05, 3.63) is 35.9 Å². The first-order valence-corrected chi connectivity index (χ1v) is 5.49. The highest BCUT2D eigenvalue weighted by Gasteiger charge is 2.42.